The molecule has 0 aliphatic carbocycles. The number of thioether (sulfide) groups is 1. The highest BCUT2D eigenvalue weighted by Gasteiger charge is 2.29. The van der Waals surface area contributed by atoms with Crippen LogP contribution in [0, 0.1) is 10.1 Å². The summed E-state index contributed by atoms with van der Waals surface area (Å²) in [5.41, 5.74) is 0.935. The monoisotopic (exact) mass is 401 g/mol. The van der Waals surface area contributed by atoms with E-state index in [0.717, 1.165) is 4.90 Å². The van der Waals surface area contributed by atoms with Crippen LogP contribution in [0.2, 0.25) is 0 Å². The first-order valence-corrected chi connectivity index (χ1v) is 9.07. The molecule has 1 unspecified atom stereocenters. The Morgan fingerprint density at radius 1 is 1.18 bits per heavy atom. The number of anilines is 2. The summed E-state index contributed by atoms with van der Waals surface area (Å²) < 4.78 is 4.92. The van der Waals surface area contributed by atoms with Crippen molar-refractivity contribution < 1.29 is 24.0 Å². The van der Waals surface area contributed by atoms with Gasteiger partial charge in [0.2, 0.25) is 5.91 Å². The van der Waals surface area contributed by atoms with Gasteiger partial charge in [0.1, 0.15) is 0 Å². The maximum atomic E-state index is 12.1. The summed E-state index contributed by atoms with van der Waals surface area (Å²) in [7, 11) is 0. The maximum Gasteiger partial charge on any atom is 0.307 e. The number of rotatable bonds is 6. The number of nitro groups is 1. The van der Waals surface area contributed by atoms with Crippen LogP contribution < -0.4 is 10.6 Å². The number of para-hydroxylation sites is 1. The number of benzene rings is 2. The smallest absolute Gasteiger partial charge is 0.307 e. The Morgan fingerprint density at radius 2 is 1.89 bits per heavy atom. The summed E-state index contributed by atoms with van der Waals surface area (Å²) in [5.74, 6) is -1.56. The van der Waals surface area contributed by atoms with E-state index in [4.69, 9.17) is 4.74 Å². The van der Waals surface area contributed by atoms with Crippen LogP contribution in [0.3, 0.4) is 0 Å². The first-order chi connectivity index (χ1) is 13.4. The van der Waals surface area contributed by atoms with E-state index < -0.39 is 28.7 Å². The van der Waals surface area contributed by atoms with Gasteiger partial charge in [-0.2, -0.15) is 0 Å². The standard InChI is InChI=1S/C18H15N3O6S/c22-16(19-11-5-7-12(8-6-11)21(25)26)10-27-17(23)9-15-18(24)20-13-3-1-2-4-14(13)28-15/h1-8,15H,9-10H2,(H,19,22)(H,20,24). The lowest BCUT2D eigenvalue weighted by Crippen LogP contribution is -2.32. The quantitative estimate of drug-likeness (QED) is 0.432. The van der Waals surface area contributed by atoms with E-state index in [0.29, 0.717) is 11.4 Å². The number of esters is 1. The number of nitro benzene ring substituents is 1. The summed E-state index contributed by atoms with van der Waals surface area (Å²) >= 11 is 1.27. The zero-order chi connectivity index (χ0) is 20.1. The van der Waals surface area contributed by atoms with Gasteiger partial charge in [0, 0.05) is 22.7 Å². The molecule has 0 radical (unpaired) electrons. The van der Waals surface area contributed by atoms with Crippen LogP contribution in [0.15, 0.2) is 53.4 Å². The number of carbonyl (C=O) groups excluding carboxylic acids is 3. The molecule has 2 aromatic rings. The van der Waals surface area contributed by atoms with Crippen LogP contribution in [0.5, 0.6) is 0 Å². The van der Waals surface area contributed by atoms with Gasteiger partial charge in [-0.05, 0) is 24.3 Å². The van der Waals surface area contributed by atoms with E-state index in [1.165, 1.54) is 36.0 Å². The highest BCUT2D eigenvalue weighted by Crippen LogP contribution is 2.36. The molecule has 0 fully saturated rings. The largest absolute Gasteiger partial charge is 0.456 e. The second-order valence-corrected chi connectivity index (χ2v) is 7.05. The van der Waals surface area contributed by atoms with Gasteiger partial charge in [-0.3, -0.25) is 24.5 Å². The molecule has 1 aliphatic rings. The molecule has 0 saturated heterocycles. The lowest BCUT2D eigenvalue weighted by molar-refractivity contribution is -0.384. The molecular weight excluding hydrogens is 386 g/mol. The Hall–Kier alpha value is -3.40. The van der Waals surface area contributed by atoms with E-state index >= 15 is 0 Å². The second-order valence-electron chi connectivity index (χ2n) is 5.81. The topological polar surface area (TPSA) is 128 Å². The van der Waals surface area contributed by atoms with Crippen LogP contribution in [0.25, 0.3) is 0 Å². The number of nitrogens with zero attached hydrogens (tertiary/aromatic N) is 1. The number of nitrogens with one attached hydrogen (secondary N) is 2. The fourth-order valence-electron chi connectivity index (χ4n) is 2.45. The average molecular weight is 401 g/mol. The SMILES string of the molecule is O=C(COC(=O)CC1Sc2ccccc2NC1=O)Nc1ccc([N+](=O)[O-])cc1. The number of ether oxygens (including phenoxy) is 1. The third-order valence-corrected chi connectivity index (χ3v) is 5.06. The number of hydrogen-bond acceptors (Lipinski definition) is 7. The number of amides is 2. The van der Waals surface area contributed by atoms with Gasteiger partial charge >= 0.3 is 5.97 Å². The fraction of sp³-hybridized carbons (Fsp3) is 0.167. The molecule has 0 saturated carbocycles. The molecule has 1 aliphatic heterocycles. The van der Waals surface area contributed by atoms with Crippen LogP contribution in [-0.2, 0) is 19.1 Å². The van der Waals surface area contributed by atoms with E-state index in [-0.39, 0.29) is 18.0 Å². The minimum Gasteiger partial charge on any atom is -0.456 e. The number of carbonyl (C=O) groups is 3. The summed E-state index contributed by atoms with van der Waals surface area (Å²) in [6.07, 6.45) is -0.171. The lowest BCUT2D eigenvalue weighted by atomic mass is 10.2. The molecular formula is C18H15N3O6S. The van der Waals surface area contributed by atoms with Crippen LogP contribution in [0.4, 0.5) is 17.1 Å². The number of fused-ring (bicyclic) bond motifs is 1. The predicted octanol–water partition coefficient (Wildman–Crippen LogP) is 2.58. The Kier molecular flexibility index (Phi) is 5.90. The summed E-state index contributed by atoms with van der Waals surface area (Å²) in [4.78, 5) is 46.8. The number of non-ortho nitro benzene ring substituents is 1. The van der Waals surface area contributed by atoms with Crippen molar-refractivity contribution in [1.29, 1.82) is 0 Å². The lowest BCUT2D eigenvalue weighted by Gasteiger charge is -2.23. The van der Waals surface area contributed by atoms with Gasteiger partial charge in [0.15, 0.2) is 6.61 Å². The second kappa shape index (κ2) is 8.53. The molecule has 10 heteroatoms. The molecule has 2 amide bonds. The van der Waals surface area contributed by atoms with Crippen LogP contribution in [-0.4, -0.2) is 34.6 Å². The Balaban J connectivity index is 1.47. The molecule has 0 aromatic heterocycles. The average Bonchev–Trinajstić information content (AvgIpc) is 2.67. The van der Waals surface area contributed by atoms with Crippen molar-refractivity contribution in [3.05, 3.63) is 58.6 Å². The molecule has 1 heterocycles. The summed E-state index contributed by atoms with van der Waals surface area (Å²) in [5, 5.41) is 15.2. The van der Waals surface area contributed by atoms with Gasteiger partial charge in [0.05, 0.1) is 22.3 Å². The molecule has 9 nitrogen and oxygen atoms in total. The first-order valence-electron chi connectivity index (χ1n) is 8.19. The molecule has 0 bridgehead atoms. The molecule has 3 rings (SSSR count). The maximum absolute atomic E-state index is 12.1. The van der Waals surface area contributed by atoms with E-state index in [9.17, 15) is 24.5 Å². The van der Waals surface area contributed by atoms with E-state index in [1.807, 2.05) is 12.1 Å². The van der Waals surface area contributed by atoms with Gasteiger partial charge in [-0.25, -0.2) is 0 Å². The minimum absolute atomic E-state index is 0.103. The van der Waals surface area contributed by atoms with Crippen molar-refractivity contribution in [2.45, 2.75) is 16.6 Å². The predicted molar refractivity (Wildman–Crippen MR) is 102 cm³/mol. The van der Waals surface area contributed by atoms with E-state index in [1.54, 1.807) is 12.1 Å². The Labute approximate surface area is 163 Å². The van der Waals surface area contributed by atoms with Crippen molar-refractivity contribution in [3.8, 4) is 0 Å². The molecule has 0 spiro atoms. The molecule has 2 N–H and O–H groups in total. The zero-order valence-corrected chi connectivity index (χ0v) is 15.2. The van der Waals surface area contributed by atoms with Crippen molar-refractivity contribution in [2.24, 2.45) is 0 Å². The van der Waals surface area contributed by atoms with Crippen molar-refractivity contribution in [3.63, 3.8) is 0 Å². The molecule has 1 atom stereocenters. The van der Waals surface area contributed by atoms with Crippen molar-refractivity contribution in [2.75, 3.05) is 17.2 Å². The summed E-state index contributed by atoms with van der Waals surface area (Å²) in [6, 6.07) is 12.5. The van der Waals surface area contributed by atoms with Crippen LogP contribution in [0.1, 0.15) is 6.42 Å². The highest BCUT2D eigenvalue weighted by atomic mass is 32.2. The van der Waals surface area contributed by atoms with Gasteiger partial charge < -0.3 is 15.4 Å². The van der Waals surface area contributed by atoms with Crippen molar-refractivity contribution in [1.82, 2.24) is 0 Å². The molecule has 2 aromatic carbocycles. The first kappa shape index (κ1) is 19.4. The van der Waals surface area contributed by atoms with Crippen molar-refractivity contribution >= 4 is 46.6 Å². The Bertz CT molecular complexity index is 931. The third kappa shape index (κ3) is 4.86. The summed E-state index contributed by atoms with van der Waals surface area (Å²) in [6.45, 7) is -0.522. The molecule has 144 valence electrons. The van der Waals surface area contributed by atoms with Crippen LogP contribution >= 0.6 is 11.8 Å². The third-order valence-electron chi connectivity index (χ3n) is 3.78. The van der Waals surface area contributed by atoms with E-state index in [2.05, 4.69) is 10.6 Å². The molecule has 28 heavy (non-hydrogen) atoms. The zero-order valence-electron chi connectivity index (χ0n) is 14.4. The Morgan fingerprint density at radius 3 is 2.61 bits per heavy atom. The normalized spacial score (nSPS) is 15.1. The highest BCUT2D eigenvalue weighted by molar-refractivity contribution is 8.01. The fourth-order valence-corrected chi connectivity index (χ4v) is 3.54. The van der Waals surface area contributed by atoms with Gasteiger partial charge in [0.25, 0.3) is 11.6 Å². The minimum atomic E-state index is -0.675. The number of hydrogen-bond donors (Lipinski definition) is 2. The van der Waals surface area contributed by atoms with Gasteiger partial charge in [-0.1, -0.05) is 12.1 Å². The van der Waals surface area contributed by atoms with Gasteiger partial charge in [-0.15, -0.1) is 11.8 Å².